The Balaban J connectivity index is 1.47. The van der Waals surface area contributed by atoms with E-state index in [9.17, 15) is 9.59 Å². The maximum absolute atomic E-state index is 12.5. The Bertz CT molecular complexity index is 1080. The molecule has 0 aliphatic heterocycles. The molecule has 3 aromatic rings. The Labute approximate surface area is 209 Å². The van der Waals surface area contributed by atoms with Crippen molar-refractivity contribution in [1.29, 1.82) is 0 Å². The van der Waals surface area contributed by atoms with E-state index in [1.54, 1.807) is 42.5 Å². The fourth-order valence-electron chi connectivity index (χ4n) is 3.14. The first-order valence-corrected chi connectivity index (χ1v) is 12.2. The predicted octanol–water partition coefficient (Wildman–Crippen LogP) is 6.88. The number of rotatable bonds is 11. The highest BCUT2D eigenvalue weighted by Crippen LogP contribution is 2.27. The molecule has 0 atom stereocenters. The van der Waals surface area contributed by atoms with Gasteiger partial charge >= 0.3 is 11.9 Å². The highest BCUT2D eigenvalue weighted by molar-refractivity contribution is 9.10. The van der Waals surface area contributed by atoms with Crippen molar-refractivity contribution in [2.75, 3.05) is 13.2 Å². The Morgan fingerprint density at radius 2 is 1.56 bits per heavy atom. The van der Waals surface area contributed by atoms with Crippen LogP contribution in [-0.2, 0) is 11.2 Å². The van der Waals surface area contributed by atoms with E-state index in [-0.39, 0.29) is 0 Å². The Kier molecular flexibility index (Phi) is 9.71. The van der Waals surface area contributed by atoms with E-state index in [0.29, 0.717) is 46.2 Å². The number of esters is 2. The summed E-state index contributed by atoms with van der Waals surface area (Å²) in [5.74, 6) is 0.692. The van der Waals surface area contributed by atoms with E-state index in [1.807, 2.05) is 18.2 Å². The third-order valence-electron chi connectivity index (χ3n) is 5.11. The second-order valence-electron chi connectivity index (χ2n) is 8.32. The fourth-order valence-corrected chi connectivity index (χ4v) is 3.64. The minimum absolute atomic E-state index is 0.344. The molecular formula is C28H29BrO5. The van der Waals surface area contributed by atoms with E-state index in [0.717, 1.165) is 19.3 Å². The number of aryl methyl sites for hydroxylation is 1. The van der Waals surface area contributed by atoms with Crippen LogP contribution in [0, 0.1) is 5.92 Å². The van der Waals surface area contributed by atoms with Gasteiger partial charge in [0, 0.05) is 0 Å². The summed E-state index contributed by atoms with van der Waals surface area (Å²) in [6.45, 7) is 5.23. The first-order chi connectivity index (χ1) is 16.4. The number of hydrogen-bond acceptors (Lipinski definition) is 5. The molecule has 0 aliphatic rings. The SMILES string of the molecule is CC(C)CCOc1ccc(C(=O)Oc2ccc(C(=O)OCCCc3ccccc3)cc2)cc1Br. The van der Waals surface area contributed by atoms with Gasteiger partial charge in [-0.15, -0.1) is 0 Å². The summed E-state index contributed by atoms with van der Waals surface area (Å²) in [4.78, 5) is 24.8. The van der Waals surface area contributed by atoms with Crippen molar-refractivity contribution in [3.05, 3.63) is 94.0 Å². The van der Waals surface area contributed by atoms with Crippen LogP contribution < -0.4 is 9.47 Å². The normalized spacial score (nSPS) is 10.7. The molecule has 0 aliphatic carbocycles. The van der Waals surface area contributed by atoms with Gasteiger partial charge in [-0.1, -0.05) is 44.2 Å². The molecule has 0 heterocycles. The second kappa shape index (κ2) is 12.9. The molecule has 0 unspecified atom stereocenters. The van der Waals surface area contributed by atoms with Crippen LogP contribution in [0.15, 0.2) is 77.3 Å². The number of carbonyl (C=O) groups excluding carboxylic acids is 2. The largest absolute Gasteiger partial charge is 0.492 e. The van der Waals surface area contributed by atoms with Gasteiger partial charge in [-0.25, -0.2) is 9.59 Å². The standard InChI is InChI=1S/C28H29BrO5/c1-20(2)16-18-32-26-15-12-23(19-25(26)29)28(31)34-24-13-10-22(11-14-24)27(30)33-17-6-9-21-7-4-3-5-8-21/h3-5,7-8,10-15,19-20H,6,9,16-18H2,1-2H3. The lowest BCUT2D eigenvalue weighted by Gasteiger charge is -2.11. The summed E-state index contributed by atoms with van der Waals surface area (Å²) in [6.07, 6.45) is 2.56. The average Bonchev–Trinajstić information content (AvgIpc) is 2.83. The quantitative estimate of drug-likeness (QED) is 0.155. The minimum Gasteiger partial charge on any atom is -0.492 e. The summed E-state index contributed by atoms with van der Waals surface area (Å²) < 4.78 is 17.2. The molecule has 0 radical (unpaired) electrons. The molecule has 3 aromatic carbocycles. The molecule has 0 saturated heterocycles. The van der Waals surface area contributed by atoms with E-state index < -0.39 is 11.9 Å². The van der Waals surface area contributed by atoms with Crippen molar-refractivity contribution >= 4 is 27.9 Å². The molecule has 0 N–H and O–H groups in total. The van der Waals surface area contributed by atoms with E-state index in [1.165, 1.54) is 5.56 Å². The van der Waals surface area contributed by atoms with Crippen molar-refractivity contribution in [3.8, 4) is 11.5 Å². The Morgan fingerprint density at radius 3 is 2.24 bits per heavy atom. The molecule has 0 fully saturated rings. The number of benzene rings is 3. The van der Waals surface area contributed by atoms with Crippen LogP contribution in [0.25, 0.3) is 0 Å². The molecule has 0 saturated carbocycles. The molecule has 5 nitrogen and oxygen atoms in total. The molecule has 178 valence electrons. The number of ether oxygens (including phenoxy) is 3. The number of halogens is 1. The van der Waals surface area contributed by atoms with E-state index >= 15 is 0 Å². The van der Waals surface area contributed by atoms with Crippen LogP contribution >= 0.6 is 15.9 Å². The van der Waals surface area contributed by atoms with Crippen LogP contribution in [0.1, 0.15) is 53.0 Å². The molecule has 0 bridgehead atoms. The summed E-state index contributed by atoms with van der Waals surface area (Å²) in [6, 6.07) is 21.5. The van der Waals surface area contributed by atoms with Gasteiger partial charge in [0.1, 0.15) is 11.5 Å². The van der Waals surface area contributed by atoms with Gasteiger partial charge in [0.25, 0.3) is 0 Å². The van der Waals surface area contributed by atoms with Crippen LogP contribution in [0.4, 0.5) is 0 Å². The molecule has 6 heteroatoms. The summed E-state index contributed by atoms with van der Waals surface area (Å²) >= 11 is 3.45. The lowest BCUT2D eigenvalue weighted by atomic mass is 10.1. The lowest BCUT2D eigenvalue weighted by Crippen LogP contribution is -2.10. The van der Waals surface area contributed by atoms with Crippen molar-refractivity contribution in [2.45, 2.75) is 33.1 Å². The van der Waals surface area contributed by atoms with Gasteiger partial charge in [-0.2, -0.15) is 0 Å². The zero-order valence-electron chi connectivity index (χ0n) is 19.5. The molecule has 3 rings (SSSR count). The van der Waals surface area contributed by atoms with Crippen LogP contribution in [0.2, 0.25) is 0 Å². The second-order valence-corrected chi connectivity index (χ2v) is 9.17. The molecule has 0 amide bonds. The minimum atomic E-state index is -0.495. The van der Waals surface area contributed by atoms with Crippen LogP contribution in [0.5, 0.6) is 11.5 Å². The third-order valence-corrected chi connectivity index (χ3v) is 5.73. The molecule has 0 spiro atoms. The first-order valence-electron chi connectivity index (χ1n) is 11.4. The monoisotopic (exact) mass is 524 g/mol. The maximum Gasteiger partial charge on any atom is 0.343 e. The van der Waals surface area contributed by atoms with Gasteiger partial charge in [0.2, 0.25) is 0 Å². The highest BCUT2D eigenvalue weighted by Gasteiger charge is 2.13. The average molecular weight is 525 g/mol. The lowest BCUT2D eigenvalue weighted by molar-refractivity contribution is 0.0500. The Morgan fingerprint density at radius 1 is 0.853 bits per heavy atom. The smallest absolute Gasteiger partial charge is 0.343 e. The molecule has 34 heavy (non-hydrogen) atoms. The van der Waals surface area contributed by atoms with Crippen LogP contribution in [0.3, 0.4) is 0 Å². The van der Waals surface area contributed by atoms with Crippen molar-refractivity contribution in [2.24, 2.45) is 5.92 Å². The predicted molar refractivity (Wildman–Crippen MR) is 136 cm³/mol. The fraction of sp³-hybridized carbons (Fsp3) is 0.286. The summed E-state index contributed by atoms with van der Waals surface area (Å²) in [5, 5.41) is 0. The Hall–Kier alpha value is -3.12. The molecule has 0 aromatic heterocycles. The topological polar surface area (TPSA) is 61.8 Å². The highest BCUT2D eigenvalue weighted by atomic mass is 79.9. The van der Waals surface area contributed by atoms with Gasteiger partial charge in [0.05, 0.1) is 28.8 Å². The molecular weight excluding hydrogens is 496 g/mol. The van der Waals surface area contributed by atoms with Gasteiger partial charge in [0.15, 0.2) is 0 Å². The van der Waals surface area contributed by atoms with Gasteiger partial charge < -0.3 is 14.2 Å². The number of hydrogen-bond donors (Lipinski definition) is 0. The zero-order valence-corrected chi connectivity index (χ0v) is 21.0. The van der Waals surface area contributed by atoms with E-state index in [4.69, 9.17) is 14.2 Å². The van der Waals surface area contributed by atoms with Crippen molar-refractivity contribution in [1.82, 2.24) is 0 Å². The zero-order chi connectivity index (χ0) is 24.3. The first kappa shape index (κ1) is 25.5. The maximum atomic E-state index is 12.5. The van der Waals surface area contributed by atoms with Crippen molar-refractivity contribution < 1.29 is 23.8 Å². The van der Waals surface area contributed by atoms with Crippen LogP contribution in [-0.4, -0.2) is 25.2 Å². The van der Waals surface area contributed by atoms with E-state index in [2.05, 4.69) is 41.9 Å². The van der Waals surface area contributed by atoms with Gasteiger partial charge in [-0.05, 0) is 89.1 Å². The third kappa shape index (κ3) is 8.03. The number of carbonyl (C=O) groups is 2. The summed E-state index contributed by atoms with van der Waals surface area (Å²) in [5.41, 5.74) is 2.01. The van der Waals surface area contributed by atoms with Crippen molar-refractivity contribution in [3.63, 3.8) is 0 Å². The summed E-state index contributed by atoms with van der Waals surface area (Å²) in [7, 11) is 0. The van der Waals surface area contributed by atoms with Gasteiger partial charge in [-0.3, -0.25) is 0 Å².